The van der Waals surface area contributed by atoms with Gasteiger partial charge in [0.05, 0.1) is 4.88 Å². The zero-order valence-corrected chi connectivity index (χ0v) is 13.8. The van der Waals surface area contributed by atoms with Crippen LogP contribution in [0.1, 0.15) is 4.88 Å². The van der Waals surface area contributed by atoms with Gasteiger partial charge in [0.2, 0.25) is 5.78 Å². The third-order valence-electron chi connectivity index (χ3n) is 3.28. The van der Waals surface area contributed by atoms with Crippen molar-refractivity contribution in [3.05, 3.63) is 28.5 Å². The standard InChI is InChI=1S/C13H5F13O2S/c14-8(15,7(28)4-5(27)6-2-1-3-29-6)9(16,17)10(18,19)11(20,21)12(22,23)13(24,25)26/h1-4,27H/b5-4-. The fourth-order valence-electron chi connectivity index (χ4n) is 1.63. The van der Waals surface area contributed by atoms with Crippen LogP contribution < -0.4 is 0 Å². The second-order valence-corrected chi connectivity index (χ2v) is 6.19. The Kier molecular flexibility index (Phi) is 6.09. The van der Waals surface area contributed by atoms with Gasteiger partial charge in [0.1, 0.15) is 5.76 Å². The lowest BCUT2D eigenvalue weighted by Gasteiger charge is -2.39. The highest BCUT2D eigenvalue weighted by Gasteiger charge is 2.91. The number of aliphatic hydroxyl groups excluding tert-OH is 1. The summed E-state index contributed by atoms with van der Waals surface area (Å²) in [6, 6.07) is 2.04. The minimum Gasteiger partial charge on any atom is -0.506 e. The van der Waals surface area contributed by atoms with Crippen molar-refractivity contribution in [3.63, 3.8) is 0 Å². The Balaban J connectivity index is 3.46. The predicted octanol–water partition coefficient (Wildman–Crippen LogP) is 5.95. The molecule has 0 saturated heterocycles. The van der Waals surface area contributed by atoms with Crippen LogP contribution in [-0.2, 0) is 4.79 Å². The summed E-state index contributed by atoms with van der Waals surface area (Å²) in [5.74, 6) is -43.7. The summed E-state index contributed by atoms with van der Waals surface area (Å²) in [4.78, 5) is 10.7. The smallest absolute Gasteiger partial charge is 0.460 e. The van der Waals surface area contributed by atoms with Crippen molar-refractivity contribution in [1.29, 1.82) is 0 Å². The second-order valence-electron chi connectivity index (χ2n) is 5.24. The summed E-state index contributed by atoms with van der Waals surface area (Å²) >= 11 is 0.512. The van der Waals surface area contributed by atoms with Crippen molar-refractivity contribution in [2.75, 3.05) is 0 Å². The molecule has 0 aliphatic carbocycles. The van der Waals surface area contributed by atoms with Crippen LogP contribution in [0, 0.1) is 0 Å². The number of hydrogen-bond acceptors (Lipinski definition) is 3. The van der Waals surface area contributed by atoms with E-state index in [2.05, 4.69) is 0 Å². The molecule has 166 valence electrons. The number of carbonyl (C=O) groups is 1. The third kappa shape index (κ3) is 3.66. The number of aliphatic hydroxyl groups is 1. The van der Waals surface area contributed by atoms with Gasteiger partial charge in [0.25, 0.3) is 0 Å². The molecule has 0 spiro atoms. The number of alkyl halides is 13. The maximum absolute atomic E-state index is 13.5. The molecule has 29 heavy (non-hydrogen) atoms. The van der Waals surface area contributed by atoms with Crippen molar-refractivity contribution in [3.8, 4) is 0 Å². The molecule has 16 heteroatoms. The van der Waals surface area contributed by atoms with Crippen LogP contribution in [0.2, 0.25) is 0 Å². The fraction of sp³-hybridized carbons (Fsp3) is 0.462. The van der Waals surface area contributed by atoms with Gasteiger partial charge in [-0.3, -0.25) is 4.79 Å². The molecule has 0 bridgehead atoms. The zero-order valence-electron chi connectivity index (χ0n) is 13.0. The molecular weight excluding hydrogens is 467 g/mol. The summed E-state index contributed by atoms with van der Waals surface area (Å²) in [5, 5.41) is 10.4. The fourth-order valence-corrected chi connectivity index (χ4v) is 2.28. The molecule has 1 heterocycles. The molecule has 0 fully saturated rings. The lowest BCUT2D eigenvalue weighted by Crippen LogP contribution is -2.71. The number of hydrogen-bond donors (Lipinski definition) is 1. The van der Waals surface area contributed by atoms with Gasteiger partial charge in [-0.05, 0) is 11.4 Å². The SMILES string of the molecule is O=C(/C=C(\O)c1cccs1)C(F)(F)C(F)(F)C(F)(F)C(F)(F)C(F)(F)C(F)(F)F. The Morgan fingerprint density at radius 2 is 1.24 bits per heavy atom. The summed E-state index contributed by atoms with van der Waals surface area (Å²) in [6.45, 7) is 0. The monoisotopic (exact) mass is 472 g/mol. The Morgan fingerprint density at radius 1 is 0.793 bits per heavy atom. The Bertz CT molecular complexity index is 777. The number of halogens is 13. The molecule has 0 saturated carbocycles. The lowest BCUT2D eigenvalue weighted by atomic mass is 9.92. The van der Waals surface area contributed by atoms with Gasteiger partial charge in [-0.25, -0.2) is 0 Å². The van der Waals surface area contributed by atoms with Crippen molar-refractivity contribution in [1.82, 2.24) is 0 Å². The zero-order chi connectivity index (χ0) is 23.3. The van der Waals surface area contributed by atoms with E-state index in [4.69, 9.17) is 0 Å². The first-order valence-corrected chi connectivity index (χ1v) is 7.49. The average Bonchev–Trinajstić information content (AvgIpc) is 3.07. The number of thiophene rings is 1. The Labute approximate surface area is 155 Å². The first-order valence-electron chi connectivity index (χ1n) is 6.61. The highest BCUT2D eigenvalue weighted by molar-refractivity contribution is 7.11. The average molecular weight is 472 g/mol. The van der Waals surface area contributed by atoms with Crippen LogP contribution in [0.25, 0.3) is 5.76 Å². The van der Waals surface area contributed by atoms with E-state index in [-0.39, 0.29) is 0 Å². The highest BCUT2D eigenvalue weighted by atomic mass is 32.1. The van der Waals surface area contributed by atoms with E-state index in [1.54, 1.807) is 0 Å². The van der Waals surface area contributed by atoms with Crippen LogP contribution in [-0.4, -0.2) is 46.7 Å². The number of rotatable bonds is 7. The molecule has 0 amide bonds. The molecular formula is C13H5F13O2S. The first kappa shape index (κ1) is 25.0. The highest BCUT2D eigenvalue weighted by Crippen LogP contribution is 2.60. The van der Waals surface area contributed by atoms with Gasteiger partial charge in [-0.2, -0.15) is 57.1 Å². The summed E-state index contributed by atoms with van der Waals surface area (Å²) in [5.41, 5.74) is 0. The summed E-state index contributed by atoms with van der Waals surface area (Å²) in [6.07, 6.45) is -8.33. The molecule has 1 aromatic rings. The van der Waals surface area contributed by atoms with E-state index < -0.39 is 58.3 Å². The molecule has 0 aliphatic heterocycles. The number of ketones is 1. The molecule has 0 radical (unpaired) electrons. The van der Waals surface area contributed by atoms with E-state index in [0.717, 1.165) is 17.5 Å². The maximum atomic E-state index is 13.5. The molecule has 1 rings (SSSR count). The van der Waals surface area contributed by atoms with Gasteiger partial charge in [0, 0.05) is 6.08 Å². The van der Waals surface area contributed by atoms with Crippen LogP contribution in [0.5, 0.6) is 0 Å². The normalized spacial score (nSPS) is 15.6. The van der Waals surface area contributed by atoms with Crippen LogP contribution >= 0.6 is 11.3 Å². The van der Waals surface area contributed by atoms with E-state index in [1.165, 1.54) is 0 Å². The van der Waals surface area contributed by atoms with Crippen LogP contribution in [0.3, 0.4) is 0 Å². The third-order valence-corrected chi connectivity index (χ3v) is 4.18. The Morgan fingerprint density at radius 3 is 1.62 bits per heavy atom. The quantitative estimate of drug-likeness (QED) is 0.303. The Hall–Kier alpha value is -2.00. The minimum atomic E-state index is -8.09. The van der Waals surface area contributed by atoms with Crippen molar-refractivity contribution in [2.45, 2.75) is 35.8 Å². The van der Waals surface area contributed by atoms with Gasteiger partial charge < -0.3 is 5.11 Å². The molecule has 1 N–H and O–H groups in total. The molecule has 0 aliphatic rings. The predicted molar refractivity (Wildman–Crippen MR) is 70.7 cm³/mol. The molecule has 2 nitrogen and oxygen atoms in total. The number of carbonyl (C=O) groups excluding carboxylic acids is 1. The first-order chi connectivity index (χ1) is 12.7. The minimum absolute atomic E-state index is 0.460. The molecule has 0 unspecified atom stereocenters. The van der Waals surface area contributed by atoms with Gasteiger partial charge in [-0.1, -0.05) is 6.07 Å². The van der Waals surface area contributed by atoms with E-state index in [1.807, 2.05) is 0 Å². The van der Waals surface area contributed by atoms with Gasteiger partial charge in [-0.15, -0.1) is 11.3 Å². The van der Waals surface area contributed by atoms with Crippen molar-refractivity contribution >= 4 is 22.9 Å². The van der Waals surface area contributed by atoms with Crippen molar-refractivity contribution in [2.24, 2.45) is 0 Å². The number of allylic oxidation sites excluding steroid dienone is 1. The van der Waals surface area contributed by atoms with Crippen LogP contribution in [0.15, 0.2) is 23.6 Å². The van der Waals surface area contributed by atoms with E-state index in [9.17, 15) is 67.0 Å². The van der Waals surface area contributed by atoms with E-state index >= 15 is 0 Å². The topological polar surface area (TPSA) is 37.3 Å². The second kappa shape index (κ2) is 7.05. The summed E-state index contributed by atoms with van der Waals surface area (Å²) < 4.78 is 168. The molecule has 1 aromatic heterocycles. The lowest BCUT2D eigenvalue weighted by molar-refractivity contribution is -0.435. The maximum Gasteiger partial charge on any atom is 0.460 e. The van der Waals surface area contributed by atoms with Gasteiger partial charge >= 0.3 is 35.8 Å². The van der Waals surface area contributed by atoms with Crippen LogP contribution in [0.4, 0.5) is 57.1 Å². The van der Waals surface area contributed by atoms with Crippen molar-refractivity contribution < 1.29 is 67.0 Å². The molecule has 0 aromatic carbocycles. The van der Waals surface area contributed by atoms with Gasteiger partial charge in [0.15, 0.2) is 0 Å². The van der Waals surface area contributed by atoms with E-state index in [0.29, 0.717) is 11.3 Å². The summed E-state index contributed by atoms with van der Waals surface area (Å²) in [7, 11) is 0. The largest absolute Gasteiger partial charge is 0.506 e. The molecule has 0 atom stereocenters.